The smallest absolute Gasteiger partial charge is 0.335 e. The number of benzene rings is 1. The Labute approximate surface area is 150 Å². The van der Waals surface area contributed by atoms with Crippen LogP contribution < -0.4 is 0 Å². The monoisotopic (exact) mass is 366 g/mol. The molecule has 26 heavy (non-hydrogen) atoms. The van der Waals surface area contributed by atoms with Crippen molar-refractivity contribution in [3.8, 4) is 0 Å². The number of rotatable bonds is 3. The summed E-state index contributed by atoms with van der Waals surface area (Å²) in [5.74, 6) is -0.452. The van der Waals surface area contributed by atoms with Gasteiger partial charge in [0.15, 0.2) is 5.69 Å². The molecular formula is C18H21F3N4O. The predicted octanol–water partition coefficient (Wildman–Crippen LogP) is 2.71. The molecule has 0 spiro atoms. The highest BCUT2D eigenvalue weighted by Crippen LogP contribution is 2.29. The topological polar surface area (TPSA) is 41.4 Å². The van der Waals surface area contributed by atoms with Crippen molar-refractivity contribution in [2.45, 2.75) is 19.6 Å². The van der Waals surface area contributed by atoms with Crippen LogP contribution in [0, 0.1) is 6.92 Å². The molecule has 1 aliphatic rings. The van der Waals surface area contributed by atoms with Gasteiger partial charge in [0.1, 0.15) is 5.69 Å². The van der Waals surface area contributed by atoms with Crippen LogP contribution in [0.5, 0.6) is 0 Å². The number of amides is 1. The number of hydrogen-bond donors (Lipinski definition) is 0. The molecule has 2 aromatic rings. The molecular weight excluding hydrogens is 345 g/mol. The molecule has 0 N–H and O–H groups in total. The molecule has 0 saturated carbocycles. The van der Waals surface area contributed by atoms with Crippen LogP contribution in [0.4, 0.5) is 13.2 Å². The van der Waals surface area contributed by atoms with Gasteiger partial charge in [-0.3, -0.25) is 14.4 Å². The summed E-state index contributed by atoms with van der Waals surface area (Å²) in [5, 5.41) is 3.74. The van der Waals surface area contributed by atoms with Gasteiger partial charge < -0.3 is 4.90 Å². The van der Waals surface area contributed by atoms with E-state index in [1.54, 1.807) is 4.90 Å². The van der Waals surface area contributed by atoms with Gasteiger partial charge in [-0.15, -0.1) is 0 Å². The summed E-state index contributed by atoms with van der Waals surface area (Å²) >= 11 is 0. The molecule has 0 radical (unpaired) electrons. The number of nitrogens with zero attached hydrogens (tertiary/aromatic N) is 4. The van der Waals surface area contributed by atoms with E-state index in [4.69, 9.17) is 0 Å². The first-order valence-electron chi connectivity index (χ1n) is 8.43. The Balaban J connectivity index is 1.61. The molecule has 0 aliphatic carbocycles. The van der Waals surface area contributed by atoms with E-state index in [1.807, 2.05) is 12.1 Å². The lowest BCUT2D eigenvalue weighted by atomic mass is 10.1. The maximum Gasteiger partial charge on any atom is 0.433 e. The van der Waals surface area contributed by atoms with Crippen LogP contribution in [-0.2, 0) is 19.8 Å². The molecule has 140 valence electrons. The molecule has 5 nitrogen and oxygen atoms in total. The van der Waals surface area contributed by atoms with Crippen LogP contribution in [0.1, 0.15) is 27.3 Å². The Morgan fingerprint density at radius 1 is 1.15 bits per heavy atom. The minimum absolute atomic E-state index is 0.160. The van der Waals surface area contributed by atoms with Gasteiger partial charge in [-0.05, 0) is 18.1 Å². The molecule has 2 heterocycles. The highest BCUT2D eigenvalue weighted by molar-refractivity contribution is 5.92. The Kier molecular flexibility index (Phi) is 5.04. The van der Waals surface area contributed by atoms with E-state index in [0.29, 0.717) is 30.9 Å². The molecule has 1 fully saturated rings. The van der Waals surface area contributed by atoms with Crippen molar-refractivity contribution in [3.63, 3.8) is 0 Å². The van der Waals surface area contributed by atoms with Crippen LogP contribution >= 0.6 is 0 Å². The largest absolute Gasteiger partial charge is 0.433 e. The fraction of sp³-hybridized carbons (Fsp3) is 0.444. The number of carbonyl (C=O) groups excluding carboxylic acids is 1. The molecule has 0 bridgehead atoms. The van der Waals surface area contributed by atoms with Gasteiger partial charge in [0.2, 0.25) is 0 Å². The second kappa shape index (κ2) is 7.11. The Morgan fingerprint density at radius 2 is 1.81 bits per heavy atom. The zero-order valence-electron chi connectivity index (χ0n) is 14.8. The van der Waals surface area contributed by atoms with E-state index >= 15 is 0 Å². The maximum atomic E-state index is 12.9. The van der Waals surface area contributed by atoms with Crippen LogP contribution in [0.2, 0.25) is 0 Å². The van der Waals surface area contributed by atoms with Crippen LogP contribution in [-0.4, -0.2) is 51.7 Å². The standard InChI is InChI=1S/C18H21F3N4O/c1-13-5-3-4-6-14(13)12-24-7-9-25(10-8-24)17(26)15-11-16(18(19,20)21)23(2)22-15/h3-6,11H,7-10,12H2,1-2H3. The third-order valence-corrected chi connectivity index (χ3v) is 4.70. The second-order valence-corrected chi connectivity index (χ2v) is 6.53. The molecule has 1 aromatic carbocycles. The molecule has 1 saturated heterocycles. The Bertz CT molecular complexity index is 792. The molecule has 0 unspecified atom stereocenters. The fourth-order valence-corrected chi connectivity index (χ4v) is 3.14. The quantitative estimate of drug-likeness (QED) is 0.839. The van der Waals surface area contributed by atoms with E-state index in [1.165, 1.54) is 18.2 Å². The first-order chi connectivity index (χ1) is 12.3. The molecule has 1 aromatic heterocycles. The average molecular weight is 366 g/mol. The molecule has 1 aliphatic heterocycles. The first-order valence-corrected chi connectivity index (χ1v) is 8.43. The van der Waals surface area contributed by atoms with Gasteiger partial charge in [0, 0.05) is 45.8 Å². The lowest BCUT2D eigenvalue weighted by Gasteiger charge is -2.34. The predicted molar refractivity (Wildman–Crippen MR) is 90.6 cm³/mol. The maximum absolute atomic E-state index is 12.9. The van der Waals surface area contributed by atoms with Crippen molar-refractivity contribution in [1.29, 1.82) is 0 Å². The molecule has 0 atom stereocenters. The van der Waals surface area contributed by atoms with Crippen LogP contribution in [0.25, 0.3) is 0 Å². The van der Waals surface area contributed by atoms with E-state index in [9.17, 15) is 18.0 Å². The summed E-state index contributed by atoms with van der Waals surface area (Å²) in [7, 11) is 1.19. The third kappa shape index (κ3) is 3.90. The number of halogens is 3. The van der Waals surface area contributed by atoms with Gasteiger partial charge in [-0.2, -0.15) is 18.3 Å². The highest BCUT2D eigenvalue weighted by Gasteiger charge is 2.36. The third-order valence-electron chi connectivity index (χ3n) is 4.70. The normalized spacial score (nSPS) is 16.1. The Hall–Kier alpha value is -2.35. The summed E-state index contributed by atoms with van der Waals surface area (Å²) in [5.41, 5.74) is 1.39. The zero-order chi connectivity index (χ0) is 18.9. The average Bonchev–Trinajstić information content (AvgIpc) is 2.99. The first kappa shape index (κ1) is 18.4. The van der Waals surface area contributed by atoms with E-state index in [2.05, 4.69) is 29.1 Å². The van der Waals surface area contributed by atoms with Crippen LogP contribution in [0.15, 0.2) is 30.3 Å². The van der Waals surface area contributed by atoms with E-state index in [-0.39, 0.29) is 5.69 Å². The van der Waals surface area contributed by atoms with Gasteiger partial charge in [0.25, 0.3) is 5.91 Å². The zero-order valence-corrected chi connectivity index (χ0v) is 14.8. The van der Waals surface area contributed by atoms with Gasteiger partial charge in [0.05, 0.1) is 0 Å². The molecule has 3 rings (SSSR count). The SMILES string of the molecule is Cc1ccccc1CN1CCN(C(=O)c2cc(C(F)(F)F)n(C)n2)CC1. The van der Waals surface area contributed by atoms with Crippen LogP contribution in [0.3, 0.4) is 0 Å². The van der Waals surface area contributed by atoms with E-state index < -0.39 is 17.8 Å². The van der Waals surface area contributed by atoms with Gasteiger partial charge in [-0.1, -0.05) is 24.3 Å². The van der Waals surface area contributed by atoms with Gasteiger partial charge >= 0.3 is 6.18 Å². The van der Waals surface area contributed by atoms with Crippen molar-refractivity contribution < 1.29 is 18.0 Å². The molecule has 8 heteroatoms. The number of carbonyl (C=O) groups is 1. The minimum atomic E-state index is -4.52. The lowest BCUT2D eigenvalue weighted by Crippen LogP contribution is -2.48. The Morgan fingerprint density at radius 3 is 2.38 bits per heavy atom. The number of alkyl halides is 3. The summed E-state index contributed by atoms with van der Waals surface area (Å²) in [6.07, 6.45) is -4.52. The van der Waals surface area contributed by atoms with Crippen molar-refractivity contribution in [2.75, 3.05) is 26.2 Å². The van der Waals surface area contributed by atoms with Gasteiger partial charge in [-0.25, -0.2) is 0 Å². The highest BCUT2D eigenvalue weighted by atomic mass is 19.4. The summed E-state index contributed by atoms with van der Waals surface area (Å²) in [4.78, 5) is 16.3. The number of piperazine rings is 1. The lowest BCUT2D eigenvalue weighted by molar-refractivity contribution is -0.143. The fourth-order valence-electron chi connectivity index (χ4n) is 3.14. The number of aryl methyl sites for hydroxylation is 2. The van der Waals surface area contributed by atoms with Crippen molar-refractivity contribution >= 4 is 5.91 Å². The second-order valence-electron chi connectivity index (χ2n) is 6.53. The summed E-state index contributed by atoms with van der Waals surface area (Å²) in [6.45, 7) is 5.17. The number of aromatic nitrogens is 2. The molecule has 1 amide bonds. The summed E-state index contributed by atoms with van der Waals surface area (Å²) < 4.78 is 39.3. The minimum Gasteiger partial charge on any atom is -0.335 e. The van der Waals surface area contributed by atoms with E-state index in [0.717, 1.165) is 12.6 Å². The number of hydrogen-bond acceptors (Lipinski definition) is 3. The van der Waals surface area contributed by atoms with Crippen molar-refractivity contribution in [3.05, 3.63) is 52.8 Å². The van der Waals surface area contributed by atoms with Crippen molar-refractivity contribution in [2.24, 2.45) is 7.05 Å². The summed E-state index contributed by atoms with van der Waals surface area (Å²) in [6, 6.07) is 8.97. The van der Waals surface area contributed by atoms with Crippen molar-refractivity contribution in [1.82, 2.24) is 19.6 Å².